The van der Waals surface area contributed by atoms with Crippen molar-refractivity contribution in [2.45, 2.75) is 39.3 Å². The van der Waals surface area contributed by atoms with Crippen molar-refractivity contribution in [3.8, 4) is 5.88 Å². The highest BCUT2D eigenvalue weighted by Gasteiger charge is 2.23. The normalized spacial score (nSPS) is 13.4. The molecule has 3 N–H and O–H groups in total. The summed E-state index contributed by atoms with van der Waals surface area (Å²) in [6, 6.07) is 5.78. The van der Waals surface area contributed by atoms with Gasteiger partial charge in [0.1, 0.15) is 5.60 Å². The number of pyridine rings is 1. The molecule has 6 nitrogen and oxygen atoms in total. The maximum absolute atomic E-state index is 10.6. The van der Waals surface area contributed by atoms with Crippen LogP contribution in [0.15, 0.2) is 40.1 Å². The third kappa shape index (κ3) is 7.63. The second-order valence-electron chi connectivity index (χ2n) is 6.15. The molecule has 0 spiro atoms. The van der Waals surface area contributed by atoms with Crippen LogP contribution in [0.4, 0.5) is 0 Å². The van der Waals surface area contributed by atoms with Crippen LogP contribution in [0.2, 0.25) is 0 Å². The van der Waals surface area contributed by atoms with E-state index in [-0.39, 0.29) is 24.0 Å². The van der Waals surface area contributed by atoms with Gasteiger partial charge in [-0.15, -0.1) is 24.0 Å². The number of halogens is 1. The molecule has 150 valence electrons. The third-order valence-electron chi connectivity index (χ3n) is 3.79. The lowest BCUT2D eigenvalue weighted by Gasteiger charge is -2.24. The number of nitrogens with one attached hydrogen (secondary N) is 2. The molecule has 0 aromatic carbocycles. The summed E-state index contributed by atoms with van der Waals surface area (Å²) in [7, 11) is 0. The van der Waals surface area contributed by atoms with Crippen LogP contribution >= 0.6 is 35.3 Å². The van der Waals surface area contributed by atoms with Crippen molar-refractivity contribution in [1.29, 1.82) is 0 Å². The fraction of sp³-hybridized carbons (Fsp3) is 0.474. The predicted molar refractivity (Wildman–Crippen MR) is 122 cm³/mol. The standard InChI is InChI=1S/C19H28N4O2S.HI/c1-4-10-25-17-15(7-6-9-21-17)12-22-18(20-5-2)23-14-19(3,24)16-8-11-26-13-16;/h6-9,11,13,24H,4-5,10,12,14H2,1-3H3,(H2,20,22,23);1H. The van der Waals surface area contributed by atoms with Crippen molar-refractivity contribution >= 4 is 41.3 Å². The Morgan fingerprint density at radius 1 is 1.33 bits per heavy atom. The van der Waals surface area contributed by atoms with Gasteiger partial charge in [-0.25, -0.2) is 9.98 Å². The molecule has 1 unspecified atom stereocenters. The number of thiophene rings is 1. The number of guanidine groups is 1. The van der Waals surface area contributed by atoms with Gasteiger partial charge in [-0.1, -0.05) is 13.0 Å². The van der Waals surface area contributed by atoms with Crippen molar-refractivity contribution in [2.75, 3.05) is 19.7 Å². The monoisotopic (exact) mass is 504 g/mol. The van der Waals surface area contributed by atoms with E-state index in [4.69, 9.17) is 4.74 Å². The van der Waals surface area contributed by atoms with Crippen LogP contribution in [0, 0.1) is 0 Å². The van der Waals surface area contributed by atoms with Gasteiger partial charge < -0.3 is 20.5 Å². The van der Waals surface area contributed by atoms with Crippen LogP contribution in [0.25, 0.3) is 0 Å². The first-order chi connectivity index (χ1) is 12.6. The number of ether oxygens (including phenoxy) is 1. The summed E-state index contributed by atoms with van der Waals surface area (Å²) in [5.74, 6) is 1.27. The minimum atomic E-state index is -0.958. The smallest absolute Gasteiger partial charge is 0.218 e. The van der Waals surface area contributed by atoms with Crippen LogP contribution in [0.1, 0.15) is 38.3 Å². The number of aromatic nitrogens is 1. The third-order valence-corrected chi connectivity index (χ3v) is 4.47. The molecule has 0 aliphatic heterocycles. The molecule has 0 amide bonds. The number of hydrogen-bond acceptors (Lipinski definition) is 5. The summed E-state index contributed by atoms with van der Waals surface area (Å²) < 4.78 is 5.68. The highest BCUT2D eigenvalue weighted by Crippen LogP contribution is 2.22. The van der Waals surface area contributed by atoms with Crippen LogP contribution in [-0.2, 0) is 12.1 Å². The second kappa shape index (κ2) is 12.1. The number of hydrogen-bond donors (Lipinski definition) is 3. The quantitative estimate of drug-likeness (QED) is 0.277. The van der Waals surface area contributed by atoms with Crippen LogP contribution in [0.5, 0.6) is 5.88 Å². The largest absolute Gasteiger partial charge is 0.477 e. The maximum Gasteiger partial charge on any atom is 0.218 e. The lowest BCUT2D eigenvalue weighted by Crippen LogP contribution is -2.44. The Morgan fingerprint density at radius 2 is 2.15 bits per heavy atom. The molecular formula is C19H29IN4O2S. The van der Waals surface area contributed by atoms with E-state index in [1.165, 1.54) is 0 Å². The average molecular weight is 504 g/mol. The van der Waals surface area contributed by atoms with Crippen LogP contribution in [-0.4, -0.2) is 35.7 Å². The number of aliphatic hydroxyl groups is 1. The molecular weight excluding hydrogens is 475 g/mol. The highest BCUT2D eigenvalue weighted by molar-refractivity contribution is 14.0. The molecule has 0 aliphatic carbocycles. The SMILES string of the molecule is CCCOc1ncccc1CN=C(NCC)NCC(C)(O)c1ccsc1.I. The van der Waals surface area contributed by atoms with E-state index in [2.05, 4.69) is 27.5 Å². The summed E-state index contributed by atoms with van der Waals surface area (Å²) in [4.78, 5) is 8.89. The maximum atomic E-state index is 10.6. The Hall–Kier alpha value is -1.39. The molecule has 0 fully saturated rings. The summed E-state index contributed by atoms with van der Waals surface area (Å²) in [5, 5.41) is 21.0. The highest BCUT2D eigenvalue weighted by atomic mass is 127. The summed E-state index contributed by atoms with van der Waals surface area (Å²) >= 11 is 1.57. The van der Waals surface area contributed by atoms with Crippen LogP contribution < -0.4 is 15.4 Å². The summed E-state index contributed by atoms with van der Waals surface area (Å²) in [5.41, 5.74) is 0.871. The van der Waals surface area contributed by atoms with E-state index in [1.807, 2.05) is 35.9 Å². The van der Waals surface area contributed by atoms with E-state index in [9.17, 15) is 5.11 Å². The average Bonchev–Trinajstić information content (AvgIpc) is 3.19. The molecule has 2 aromatic heterocycles. The van der Waals surface area contributed by atoms with Crippen molar-refractivity contribution in [2.24, 2.45) is 4.99 Å². The molecule has 0 aliphatic rings. The van der Waals surface area contributed by atoms with E-state index >= 15 is 0 Å². The van der Waals surface area contributed by atoms with Gasteiger partial charge in [0, 0.05) is 18.3 Å². The van der Waals surface area contributed by atoms with Gasteiger partial charge in [0.05, 0.1) is 19.7 Å². The molecule has 27 heavy (non-hydrogen) atoms. The van der Waals surface area contributed by atoms with Gasteiger partial charge in [0.2, 0.25) is 5.88 Å². The zero-order chi connectivity index (χ0) is 18.8. The van der Waals surface area contributed by atoms with Gasteiger partial charge in [0.15, 0.2) is 5.96 Å². The Bertz CT molecular complexity index is 693. The minimum absolute atomic E-state index is 0. The van der Waals surface area contributed by atoms with E-state index < -0.39 is 5.60 Å². The van der Waals surface area contributed by atoms with Crippen molar-refractivity contribution in [1.82, 2.24) is 15.6 Å². The molecule has 0 saturated heterocycles. The Morgan fingerprint density at radius 3 is 2.81 bits per heavy atom. The first-order valence-electron chi connectivity index (χ1n) is 8.90. The number of aliphatic imine (C=N–C) groups is 1. The van der Waals surface area contributed by atoms with Gasteiger partial charge in [0.25, 0.3) is 0 Å². The van der Waals surface area contributed by atoms with Crippen molar-refractivity contribution < 1.29 is 9.84 Å². The molecule has 2 heterocycles. The molecule has 0 saturated carbocycles. The molecule has 1 atom stereocenters. The van der Waals surface area contributed by atoms with Crippen LogP contribution in [0.3, 0.4) is 0 Å². The fourth-order valence-corrected chi connectivity index (χ4v) is 3.09. The Labute approximate surface area is 182 Å². The van der Waals surface area contributed by atoms with E-state index in [0.717, 1.165) is 24.1 Å². The molecule has 0 bridgehead atoms. The number of rotatable bonds is 9. The Kier molecular flexibility index (Phi) is 10.6. The topological polar surface area (TPSA) is 78.8 Å². The van der Waals surface area contributed by atoms with Crippen molar-refractivity contribution in [3.63, 3.8) is 0 Å². The number of nitrogens with zero attached hydrogens (tertiary/aromatic N) is 2. The van der Waals surface area contributed by atoms with Gasteiger partial charge in [-0.3, -0.25) is 0 Å². The predicted octanol–water partition coefficient (Wildman–Crippen LogP) is 3.51. The van der Waals surface area contributed by atoms with Gasteiger partial charge in [-0.05, 0) is 48.7 Å². The zero-order valence-corrected chi connectivity index (χ0v) is 19.2. The molecule has 0 radical (unpaired) electrons. The first-order valence-corrected chi connectivity index (χ1v) is 9.85. The van der Waals surface area contributed by atoms with E-state index in [0.29, 0.717) is 31.5 Å². The summed E-state index contributed by atoms with van der Waals surface area (Å²) in [6.45, 7) is 8.05. The zero-order valence-electron chi connectivity index (χ0n) is 16.1. The first kappa shape index (κ1) is 23.6. The fourth-order valence-electron chi connectivity index (χ4n) is 2.31. The van der Waals surface area contributed by atoms with Gasteiger partial charge in [-0.2, -0.15) is 11.3 Å². The minimum Gasteiger partial charge on any atom is -0.477 e. The van der Waals surface area contributed by atoms with E-state index in [1.54, 1.807) is 24.5 Å². The Balaban J connectivity index is 0.00000364. The van der Waals surface area contributed by atoms with Gasteiger partial charge >= 0.3 is 0 Å². The second-order valence-corrected chi connectivity index (χ2v) is 6.93. The molecule has 8 heteroatoms. The summed E-state index contributed by atoms with van der Waals surface area (Å²) in [6.07, 6.45) is 2.65. The van der Waals surface area contributed by atoms with Crippen molar-refractivity contribution in [3.05, 3.63) is 46.3 Å². The molecule has 2 aromatic rings. The lowest BCUT2D eigenvalue weighted by molar-refractivity contribution is 0.0621. The molecule has 2 rings (SSSR count). The lowest BCUT2D eigenvalue weighted by atomic mass is 9.99.